The third kappa shape index (κ3) is 6.63. The van der Waals surface area contributed by atoms with E-state index >= 15 is 0 Å². The minimum absolute atomic E-state index is 0.0810. The molecule has 0 bridgehead atoms. The van der Waals surface area contributed by atoms with Gasteiger partial charge in [-0.1, -0.05) is 11.6 Å². The summed E-state index contributed by atoms with van der Waals surface area (Å²) in [6, 6.07) is 3.28. The number of amides is 3. The first kappa shape index (κ1) is 20.0. The lowest BCUT2D eigenvalue weighted by molar-refractivity contribution is -0.139. The Kier molecular flexibility index (Phi) is 7.30. The van der Waals surface area contributed by atoms with E-state index in [1.54, 1.807) is 0 Å². The zero-order valence-electron chi connectivity index (χ0n) is 13.0. The molecule has 0 aliphatic heterocycles. The Hall–Kier alpha value is -2.00. The molecule has 1 aromatic carbocycles. The number of hydrogen-bond acceptors (Lipinski definition) is 3. The van der Waals surface area contributed by atoms with Crippen molar-refractivity contribution in [3.63, 3.8) is 0 Å². The van der Waals surface area contributed by atoms with Crippen LogP contribution in [-0.4, -0.2) is 49.8 Å². The second kappa shape index (κ2) is 8.74. The maximum absolute atomic E-state index is 12.4. The number of rotatable bonds is 6. The lowest BCUT2D eigenvalue weighted by Gasteiger charge is -2.23. The van der Waals surface area contributed by atoms with Crippen LogP contribution in [0.25, 0.3) is 0 Å². The lowest BCUT2D eigenvalue weighted by Crippen LogP contribution is -2.41. The van der Waals surface area contributed by atoms with E-state index in [9.17, 15) is 22.8 Å². The van der Waals surface area contributed by atoms with Gasteiger partial charge in [-0.15, -0.1) is 0 Å². The molecule has 3 amide bonds. The molecule has 0 saturated carbocycles. The van der Waals surface area contributed by atoms with Gasteiger partial charge in [0.25, 0.3) is 0 Å². The van der Waals surface area contributed by atoms with Gasteiger partial charge in [0.2, 0.25) is 5.91 Å². The number of nitrogens with one attached hydrogen (secondary N) is 2. The van der Waals surface area contributed by atoms with Crippen molar-refractivity contribution in [2.24, 2.45) is 0 Å². The molecule has 1 aromatic rings. The molecule has 2 N–H and O–H groups in total. The van der Waals surface area contributed by atoms with E-state index in [2.05, 4.69) is 15.4 Å². The molecule has 0 radical (unpaired) electrons. The van der Waals surface area contributed by atoms with Gasteiger partial charge in [0, 0.05) is 19.3 Å². The predicted molar refractivity (Wildman–Crippen MR) is 84.3 cm³/mol. The Bertz CT molecular complexity index is 596. The Morgan fingerprint density at radius 2 is 1.96 bits per heavy atom. The first-order valence-electron chi connectivity index (χ1n) is 6.87. The molecule has 0 atom stereocenters. The van der Waals surface area contributed by atoms with Crippen molar-refractivity contribution >= 4 is 34.9 Å². The van der Waals surface area contributed by atoms with Crippen molar-refractivity contribution in [3.8, 4) is 0 Å². The van der Waals surface area contributed by atoms with E-state index in [-0.39, 0.29) is 23.9 Å². The van der Waals surface area contributed by atoms with Gasteiger partial charge >= 0.3 is 12.2 Å². The van der Waals surface area contributed by atoms with Crippen LogP contribution >= 0.6 is 11.6 Å². The van der Waals surface area contributed by atoms with Crippen LogP contribution in [-0.2, 0) is 9.53 Å². The van der Waals surface area contributed by atoms with Crippen molar-refractivity contribution in [2.45, 2.75) is 13.1 Å². The van der Waals surface area contributed by atoms with E-state index in [0.717, 1.165) is 0 Å². The quantitative estimate of drug-likeness (QED) is 0.810. The highest BCUT2D eigenvalue weighted by Gasteiger charge is 2.32. The topological polar surface area (TPSA) is 70.7 Å². The molecule has 0 aromatic heterocycles. The highest BCUT2D eigenvalue weighted by molar-refractivity contribution is 6.33. The van der Waals surface area contributed by atoms with Gasteiger partial charge in [-0.2, -0.15) is 13.2 Å². The van der Waals surface area contributed by atoms with Crippen molar-refractivity contribution in [1.82, 2.24) is 4.90 Å². The Balaban J connectivity index is 2.85. The second-order valence-electron chi connectivity index (χ2n) is 4.74. The van der Waals surface area contributed by atoms with Crippen LogP contribution in [0.4, 0.5) is 29.3 Å². The van der Waals surface area contributed by atoms with Crippen LogP contribution in [0.3, 0.4) is 0 Å². The average molecular weight is 368 g/mol. The zero-order chi connectivity index (χ0) is 18.3. The monoisotopic (exact) mass is 367 g/mol. The van der Waals surface area contributed by atoms with Gasteiger partial charge in [-0.3, -0.25) is 4.79 Å². The molecule has 10 heteroatoms. The lowest BCUT2D eigenvalue weighted by atomic mass is 10.2. The summed E-state index contributed by atoms with van der Waals surface area (Å²) in [5.41, 5.74) is 0.396. The molecule has 0 saturated heterocycles. The number of nitrogens with zero attached hydrogens (tertiary/aromatic N) is 1. The first-order chi connectivity index (χ1) is 11.2. The Morgan fingerprint density at radius 1 is 1.29 bits per heavy atom. The van der Waals surface area contributed by atoms with Crippen molar-refractivity contribution in [2.75, 3.05) is 37.4 Å². The third-order valence-corrected chi connectivity index (χ3v) is 3.14. The highest BCUT2D eigenvalue weighted by Crippen LogP contribution is 2.26. The molecule has 0 aliphatic rings. The minimum atomic E-state index is -4.51. The van der Waals surface area contributed by atoms with Gasteiger partial charge in [-0.25, -0.2) is 4.79 Å². The molecule has 0 fully saturated rings. The SMILES string of the molecule is CCN(CC(F)(F)F)C(=O)Nc1cc(NC(=O)COC)ccc1Cl. The summed E-state index contributed by atoms with van der Waals surface area (Å²) in [4.78, 5) is 24.0. The van der Waals surface area contributed by atoms with E-state index in [4.69, 9.17) is 11.6 Å². The van der Waals surface area contributed by atoms with Crippen LogP contribution in [0.2, 0.25) is 5.02 Å². The van der Waals surface area contributed by atoms with Crippen LogP contribution in [0.15, 0.2) is 18.2 Å². The maximum atomic E-state index is 12.4. The Morgan fingerprint density at radius 3 is 2.50 bits per heavy atom. The van der Waals surface area contributed by atoms with E-state index in [0.29, 0.717) is 10.6 Å². The molecular weight excluding hydrogens is 351 g/mol. The Labute approximate surface area is 141 Å². The summed E-state index contributed by atoms with van der Waals surface area (Å²) in [5.74, 6) is -0.427. The number of carbonyl (C=O) groups is 2. The van der Waals surface area contributed by atoms with Gasteiger partial charge in [-0.05, 0) is 25.1 Å². The number of methoxy groups -OCH3 is 1. The van der Waals surface area contributed by atoms with E-state index in [1.165, 1.54) is 32.2 Å². The number of halogens is 4. The average Bonchev–Trinajstić information content (AvgIpc) is 2.47. The number of hydrogen-bond donors (Lipinski definition) is 2. The largest absolute Gasteiger partial charge is 0.406 e. The van der Waals surface area contributed by atoms with Crippen LogP contribution in [0, 0.1) is 0 Å². The fourth-order valence-electron chi connectivity index (χ4n) is 1.76. The van der Waals surface area contributed by atoms with E-state index < -0.39 is 24.7 Å². The minimum Gasteiger partial charge on any atom is -0.375 e. The number of alkyl halides is 3. The van der Waals surface area contributed by atoms with Crippen LogP contribution < -0.4 is 10.6 Å². The van der Waals surface area contributed by atoms with Crippen LogP contribution in [0.1, 0.15) is 6.92 Å². The molecule has 24 heavy (non-hydrogen) atoms. The first-order valence-corrected chi connectivity index (χ1v) is 7.25. The normalized spacial score (nSPS) is 11.1. The molecule has 6 nitrogen and oxygen atoms in total. The zero-order valence-corrected chi connectivity index (χ0v) is 13.8. The van der Waals surface area contributed by atoms with Crippen molar-refractivity contribution < 1.29 is 27.5 Å². The summed E-state index contributed by atoms with van der Waals surface area (Å²) in [6.07, 6.45) is -4.51. The fourth-order valence-corrected chi connectivity index (χ4v) is 1.93. The maximum Gasteiger partial charge on any atom is 0.406 e. The van der Waals surface area contributed by atoms with Crippen molar-refractivity contribution in [1.29, 1.82) is 0 Å². The molecule has 0 heterocycles. The van der Waals surface area contributed by atoms with Crippen LogP contribution in [0.5, 0.6) is 0 Å². The third-order valence-electron chi connectivity index (χ3n) is 2.81. The van der Waals surface area contributed by atoms with Gasteiger partial charge < -0.3 is 20.3 Å². The standard InChI is InChI=1S/C14H17ClF3N3O3/c1-3-21(8-14(16,17)18)13(23)20-11-6-9(4-5-10(11)15)19-12(22)7-24-2/h4-6H,3,7-8H2,1-2H3,(H,19,22)(H,20,23). The van der Waals surface area contributed by atoms with Gasteiger partial charge in [0.1, 0.15) is 13.2 Å². The number of ether oxygens (including phenoxy) is 1. The van der Waals surface area contributed by atoms with Gasteiger partial charge in [0.15, 0.2) is 0 Å². The highest BCUT2D eigenvalue weighted by atomic mass is 35.5. The molecule has 0 unspecified atom stereocenters. The number of benzene rings is 1. The summed E-state index contributed by atoms with van der Waals surface area (Å²) < 4.78 is 42.0. The number of anilines is 2. The molecule has 0 spiro atoms. The summed E-state index contributed by atoms with van der Waals surface area (Å²) in [6.45, 7) is -0.252. The number of urea groups is 1. The molecule has 134 valence electrons. The van der Waals surface area contributed by atoms with Gasteiger partial charge in [0.05, 0.1) is 10.7 Å². The summed E-state index contributed by atoms with van der Waals surface area (Å²) in [7, 11) is 1.35. The fraction of sp³-hybridized carbons (Fsp3) is 0.429. The predicted octanol–water partition coefficient (Wildman–Crippen LogP) is 3.34. The molecule has 0 aliphatic carbocycles. The van der Waals surface area contributed by atoms with Crippen molar-refractivity contribution in [3.05, 3.63) is 23.2 Å². The number of carbonyl (C=O) groups excluding carboxylic acids is 2. The second-order valence-corrected chi connectivity index (χ2v) is 5.14. The van der Waals surface area contributed by atoms with E-state index in [1.807, 2.05) is 0 Å². The summed E-state index contributed by atoms with van der Waals surface area (Å²) in [5, 5.41) is 4.92. The summed E-state index contributed by atoms with van der Waals surface area (Å²) >= 11 is 5.93. The molecular formula is C14H17ClF3N3O3. The molecule has 1 rings (SSSR count). The smallest absolute Gasteiger partial charge is 0.375 e.